The summed E-state index contributed by atoms with van der Waals surface area (Å²) in [6.07, 6.45) is 3.34. The van der Waals surface area contributed by atoms with Gasteiger partial charge in [-0.3, -0.25) is 4.55 Å². The number of aromatic nitrogens is 2. The standard InChI is InChI=1S/C21H22N4O4S2/c1-13(2)8-17-10-19(20(30-17)29-21(26)24-31(27)28)18-5-4-15(9-16(18)11-22)12-25-7-6-23-14(25)3/h4-7,9-10,13H,8,12H2,1-3H3,(H,24,26)(H,27,28). The van der Waals surface area contributed by atoms with Crippen LogP contribution in [0.2, 0.25) is 0 Å². The van der Waals surface area contributed by atoms with Gasteiger partial charge >= 0.3 is 6.09 Å². The van der Waals surface area contributed by atoms with Crippen molar-refractivity contribution >= 4 is 28.7 Å². The van der Waals surface area contributed by atoms with Crippen LogP contribution >= 0.6 is 11.3 Å². The second-order valence-electron chi connectivity index (χ2n) is 7.35. The first kappa shape index (κ1) is 22.7. The number of benzene rings is 1. The van der Waals surface area contributed by atoms with Gasteiger partial charge in [0.2, 0.25) is 0 Å². The molecule has 1 unspecified atom stereocenters. The molecule has 2 heterocycles. The molecule has 8 nitrogen and oxygen atoms in total. The summed E-state index contributed by atoms with van der Waals surface area (Å²) in [6, 6.07) is 9.68. The van der Waals surface area contributed by atoms with E-state index in [1.54, 1.807) is 17.0 Å². The van der Waals surface area contributed by atoms with Crippen LogP contribution in [-0.4, -0.2) is 24.4 Å². The SMILES string of the molecule is Cc1nccn1Cc1ccc(-c2cc(CC(C)C)sc2OC(=O)NS(=O)O)c(C#N)c1. The first-order valence-corrected chi connectivity index (χ1v) is 11.4. The number of nitrogens with zero attached hydrogens (tertiary/aromatic N) is 3. The maximum Gasteiger partial charge on any atom is 0.427 e. The molecule has 3 aromatic rings. The summed E-state index contributed by atoms with van der Waals surface area (Å²) >= 11 is -1.25. The molecule has 0 saturated heterocycles. The molecule has 162 valence electrons. The van der Waals surface area contributed by atoms with Crippen molar-refractivity contribution in [1.29, 1.82) is 5.26 Å². The molecule has 1 aromatic carbocycles. The predicted octanol–water partition coefficient (Wildman–Crippen LogP) is 4.26. The van der Waals surface area contributed by atoms with Gasteiger partial charge in [-0.2, -0.15) is 5.26 Å². The van der Waals surface area contributed by atoms with E-state index >= 15 is 0 Å². The van der Waals surface area contributed by atoms with Crippen molar-refractivity contribution in [1.82, 2.24) is 14.3 Å². The number of nitriles is 1. The first-order valence-electron chi connectivity index (χ1n) is 9.50. The molecule has 0 spiro atoms. The van der Waals surface area contributed by atoms with Crippen LogP contribution < -0.4 is 9.46 Å². The second kappa shape index (κ2) is 9.87. The Bertz CT molecular complexity index is 1160. The number of aryl methyl sites for hydroxylation is 1. The van der Waals surface area contributed by atoms with Crippen molar-refractivity contribution < 1.29 is 18.3 Å². The van der Waals surface area contributed by atoms with Crippen LogP contribution in [0.25, 0.3) is 11.1 Å². The Hall–Kier alpha value is -3.00. The maximum atomic E-state index is 11.9. The Morgan fingerprint density at radius 2 is 2.16 bits per heavy atom. The van der Waals surface area contributed by atoms with Crippen molar-refractivity contribution in [2.75, 3.05) is 0 Å². The van der Waals surface area contributed by atoms with Gasteiger partial charge in [-0.1, -0.05) is 26.0 Å². The topological polar surface area (TPSA) is 117 Å². The molecular weight excluding hydrogens is 436 g/mol. The molecule has 0 aliphatic carbocycles. The van der Waals surface area contributed by atoms with Crippen molar-refractivity contribution in [3.05, 3.63) is 58.5 Å². The molecule has 31 heavy (non-hydrogen) atoms. The molecule has 0 saturated carbocycles. The molecule has 1 atom stereocenters. The normalized spacial score (nSPS) is 11.9. The van der Waals surface area contributed by atoms with E-state index in [1.807, 2.05) is 35.9 Å². The number of thiophene rings is 1. The van der Waals surface area contributed by atoms with E-state index in [2.05, 4.69) is 24.9 Å². The van der Waals surface area contributed by atoms with Gasteiger partial charge in [0.15, 0.2) is 5.06 Å². The molecule has 0 fully saturated rings. The van der Waals surface area contributed by atoms with Gasteiger partial charge in [0.25, 0.3) is 11.3 Å². The third-order valence-electron chi connectivity index (χ3n) is 4.49. The number of hydrogen-bond acceptors (Lipinski definition) is 6. The minimum absolute atomic E-state index is 0.272. The fourth-order valence-corrected chi connectivity index (χ4v) is 4.56. The summed E-state index contributed by atoms with van der Waals surface area (Å²) in [7, 11) is 0. The maximum absolute atomic E-state index is 11.9. The lowest BCUT2D eigenvalue weighted by Crippen LogP contribution is -2.28. The highest BCUT2D eigenvalue weighted by Gasteiger charge is 2.20. The lowest BCUT2D eigenvalue weighted by atomic mass is 9.99. The average molecular weight is 459 g/mol. The van der Waals surface area contributed by atoms with Gasteiger partial charge in [0.1, 0.15) is 5.82 Å². The van der Waals surface area contributed by atoms with E-state index in [-0.39, 0.29) is 5.06 Å². The Morgan fingerprint density at radius 1 is 1.39 bits per heavy atom. The van der Waals surface area contributed by atoms with Gasteiger partial charge in [0, 0.05) is 34.9 Å². The number of ether oxygens (including phenoxy) is 1. The predicted molar refractivity (Wildman–Crippen MR) is 119 cm³/mol. The van der Waals surface area contributed by atoms with Gasteiger partial charge < -0.3 is 9.30 Å². The molecule has 0 radical (unpaired) electrons. The van der Waals surface area contributed by atoms with Crippen LogP contribution in [0.3, 0.4) is 0 Å². The average Bonchev–Trinajstić information content (AvgIpc) is 3.26. The Morgan fingerprint density at radius 3 is 2.77 bits per heavy atom. The molecule has 3 rings (SSSR count). The summed E-state index contributed by atoms with van der Waals surface area (Å²) in [5.41, 5.74) is 2.62. The number of imidazole rings is 1. The number of carbonyl (C=O) groups is 1. The van der Waals surface area contributed by atoms with Crippen molar-refractivity contribution in [2.24, 2.45) is 5.92 Å². The summed E-state index contributed by atoms with van der Waals surface area (Å²) in [5, 5.41) is 10.0. The van der Waals surface area contributed by atoms with Crippen LogP contribution in [0.15, 0.2) is 36.7 Å². The third kappa shape index (κ3) is 5.79. The number of hydrogen-bond donors (Lipinski definition) is 2. The zero-order valence-electron chi connectivity index (χ0n) is 17.3. The van der Waals surface area contributed by atoms with Gasteiger partial charge in [-0.25, -0.2) is 18.7 Å². The molecule has 10 heteroatoms. The summed E-state index contributed by atoms with van der Waals surface area (Å²) in [4.78, 5) is 17.1. The smallest absolute Gasteiger partial charge is 0.398 e. The molecule has 2 N–H and O–H groups in total. The molecule has 0 aliphatic rings. The number of amides is 1. The molecule has 0 bridgehead atoms. The van der Waals surface area contributed by atoms with Crippen LogP contribution in [0.5, 0.6) is 5.06 Å². The number of rotatable bonds is 7. The Kier molecular flexibility index (Phi) is 7.22. The zero-order valence-corrected chi connectivity index (χ0v) is 18.9. The zero-order chi connectivity index (χ0) is 22.5. The van der Waals surface area contributed by atoms with E-state index < -0.39 is 17.4 Å². The molecule has 2 aromatic heterocycles. The Balaban J connectivity index is 1.98. The first-order chi connectivity index (χ1) is 14.8. The van der Waals surface area contributed by atoms with Crippen LogP contribution in [0, 0.1) is 24.2 Å². The van der Waals surface area contributed by atoms with E-state index in [0.717, 1.165) is 22.7 Å². The largest absolute Gasteiger partial charge is 0.427 e. The molecular formula is C21H22N4O4S2. The van der Waals surface area contributed by atoms with Gasteiger partial charge in [0.05, 0.1) is 11.6 Å². The van der Waals surface area contributed by atoms with E-state index in [9.17, 15) is 14.3 Å². The molecule has 0 aliphatic heterocycles. The van der Waals surface area contributed by atoms with Gasteiger partial charge in [-0.15, -0.1) is 11.3 Å². The minimum atomic E-state index is -2.53. The lowest BCUT2D eigenvalue weighted by molar-refractivity contribution is 0.208. The summed E-state index contributed by atoms with van der Waals surface area (Å²) in [5.74, 6) is 1.26. The highest BCUT2D eigenvalue weighted by molar-refractivity contribution is 7.77. The van der Waals surface area contributed by atoms with E-state index in [4.69, 9.17) is 9.29 Å². The van der Waals surface area contributed by atoms with Gasteiger partial charge in [-0.05, 0) is 37.0 Å². The third-order valence-corrected chi connectivity index (χ3v) is 5.86. The fraction of sp³-hybridized carbons (Fsp3) is 0.286. The number of carbonyl (C=O) groups excluding carboxylic acids is 1. The quantitative estimate of drug-likeness (QED) is 0.511. The van der Waals surface area contributed by atoms with Crippen LogP contribution in [0.4, 0.5) is 4.79 Å². The highest BCUT2D eigenvalue weighted by Crippen LogP contribution is 2.41. The van der Waals surface area contributed by atoms with Crippen LogP contribution in [0.1, 0.15) is 35.7 Å². The van der Waals surface area contributed by atoms with E-state index in [0.29, 0.717) is 29.2 Å². The van der Waals surface area contributed by atoms with Crippen molar-refractivity contribution in [3.63, 3.8) is 0 Å². The Labute approximate surface area is 186 Å². The fourth-order valence-electron chi connectivity index (χ4n) is 3.15. The molecule has 1 amide bonds. The second-order valence-corrected chi connectivity index (χ2v) is 9.15. The lowest BCUT2D eigenvalue weighted by Gasteiger charge is -2.10. The minimum Gasteiger partial charge on any atom is -0.398 e. The monoisotopic (exact) mass is 458 g/mol. The highest BCUT2D eigenvalue weighted by atomic mass is 32.2. The van der Waals surface area contributed by atoms with Crippen molar-refractivity contribution in [2.45, 2.75) is 33.7 Å². The van der Waals surface area contributed by atoms with E-state index in [1.165, 1.54) is 11.3 Å². The summed E-state index contributed by atoms with van der Waals surface area (Å²) < 4.78 is 28.8. The van der Waals surface area contributed by atoms with Crippen molar-refractivity contribution in [3.8, 4) is 22.3 Å². The summed E-state index contributed by atoms with van der Waals surface area (Å²) in [6.45, 7) is 6.65. The number of nitrogens with one attached hydrogen (secondary N) is 1. The van der Waals surface area contributed by atoms with Crippen LogP contribution in [-0.2, 0) is 24.2 Å².